The molecule has 29 heavy (non-hydrogen) atoms. The summed E-state index contributed by atoms with van der Waals surface area (Å²) < 4.78 is 43.1. The summed E-state index contributed by atoms with van der Waals surface area (Å²) in [5.41, 5.74) is -1.00. The van der Waals surface area contributed by atoms with Crippen LogP contribution in [0.15, 0.2) is 29.1 Å². The van der Waals surface area contributed by atoms with Crippen molar-refractivity contribution in [3.63, 3.8) is 0 Å². The number of carbonyl (C=O) groups excluding carboxylic acids is 2. The van der Waals surface area contributed by atoms with Crippen LogP contribution >= 0.6 is 11.3 Å². The van der Waals surface area contributed by atoms with Crippen LogP contribution in [-0.4, -0.2) is 28.5 Å². The highest BCUT2D eigenvalue weighted by molar-refractivity contribution is 7.20. The maximum atomic E-state index is 12.7. The number of thiophene rings is 1. The molecule has 0 unspecified atom stereocenters. The number of anilines is 1. The van der Waals surface area contributed by atoms with Gasteiger partial charge in [-0.15, -0.1) is 11.3 Å². The Kier molecular flexibility index (Phi) is 5.42. The van der Waals surface area contributed by atoms with Gasteiger partial charge >= 0.3 is 12.1 Å². The molecule has 0 bridgehead atoms. The quantitative estimate of drug-likeness (QED) is 0.624. The molecule has 0 aliphatic heterocycles. The molecule has 0 aliphatic carbocycles. The topological polar surface area (TPSA) is 101 Å². The molecular formula is C18H14F3N3O4S. The van der Waals surface area contributed by atoms with E-state index in [1.807, 2.05) is 0 Å². The van der Waals surface area contributed by atoms with Gasteiger partial charge in [-0.05, 0) is 37.6 Å². The number of H-pyrrole nitrogens is 1. The van der Waals surface area contributed by atoms with Crippen molar-refractivity contribution in [3.8, 4) is 0 Å². The van der Waals surface area contributed by atoms with Crippen molar-refractivity contribution in [3.05, 3.63) is 56.4 Å². The maximum absolute atomic E-state index is 12.7. The second-order valence-corrected chi connectivity index (χ2v) is 7.09. The number of aromatic nitrogens is 2. The Morgan fingerprint density at radius 1 is 1.28 bits per heavy atom. The number of rotatable bonds is 4. The van der Waals surface area contributed by atoms with Gasteiger partial charge in [-0.1, -0.05) is 6.07 Å². The van der Waals surface area contributed by atoms with Crippen LogP contribution in [0.1, 0.15) is 26.6 Å². The number of esters is 1. The molecule has 0 radical (unpaired) electrons. The van der Waals surface area contributed by atoms with Crippen molar-refractivity contribution in [2.24, 2.45) is 0 Å². The van der Waals surface area contributed by atoms with Crippen molar-refractivity contribution < 1.29 is 27.5 Å². The Labute approximate surface area is 165 Å². The summed E-state index contributed by atoms with van der Waals surface area (Å²) in [6.45, 7) is 2.46. The number of aryl methyl sites for hydroxylation is 2. The lowest BCUT2D eigenvalue weighted by Crippen LogP contribution is -2.21. The summed E-state index contributed by atoms with van der Waals surface area (Å²) in [5, 5.41) is 2.50. The Bertz CT molecular complexity index is 1170. The van der Waals surface area contributed by atoms with E-state index in [0.717, 1.165) is 29.5 Å². The molecule has 0 aliphatic rings. The number of alkyl halides is 3. The van der Waals surface area contributed by atoms with Gasteiger partial charge in [0.25, 0.3) is 11.5 Å². The molecule has 152 valence electrons. The summed E-state index contributed by atoms with van der Waals surface area (Å²) in [4.78, 5) is 43.5. The largest absolute Gasteiger partial charge is 0.451 e. The second-order valence-electron chi connectivity index (χ2n) is 6.09. The predicted molar refractivity (Wildman–Crippen MR) is 100 cm³/mol. The maximum Gasteiger partial charge on any atom is 0.416 e. The van der Waals surface area contributed by atoms with Crippen molar-refractivity contribution in [2.45, 2.75) is 20.0 Å². The number of aromatic amines is 1. The van der Waals surface area contributed by atoms with Crippen LogP contribution in [0.2, 0.25) is 0 Å². The summed E-state index contributed by atoms with van der Waals surface area (Å²) in [6, 6.07) is 4.08. The summed E-state index contributed by atoms with van der Waals surface area (Å²) in [7, 11) is 0. The normalized spacial score (nSPS) is 11.5. The van der Waals surface area contributed by atoms with Crippen LogP contribution in [0.5, 0.6) is 0 Å². The van der Waals surface area contributed by atoms with Crippen molar-refractivity contribution >= 4 is 39.1 Å². The fourth-order valence-electron chi connectivity index (χ4n) is 2.61. The molecule has 1 amide bonds. The van der Waals surface area contributed by atoms with Crippen molar-refractivity contribution in [1.29, 1.82) is 0 Å². The zero-order valence-electron chi connectivity index (χ0n) is 15.1. The molecule has 0 saturated carbocycles. The molecule has 2 N–H and O–H groups in total. The van der Waals surface area contributed by atoms with E-state index in [1.165, 1.54) is 6.07 Å². The molecule has 7 nitrogen and oxygen atoms in total. The summed E-state index contributed by atoms with van der Waals surface area (Å²) in [5.74, 6) is -1.24. The lowest BCUT2D eigenvalue weighted by Gasteiger charge is -2.10. The van der Waals surface area contributed by atoms with Gasteiger partial charge in [0.2, 0.25) is 0 Å². The van der Waals surface area contributed by atoms with E-state index in [4.69, 9.17) is 4.74 Å². The van der Waals surface area contributed by atoms with Gasteiger partial charge in [-0.3, -0.25) is 9.59 Å². The first-order valence-corrected chi connectivity index (χ1v) is 9.02. The average Bonchev–Trinajstić information content (AvgIpc) is 2.96. The highest BCUT2D eigenvalue weighted by Crippen LogP contribution is 2.31. The first kappa shape index (κ1) is 20.5. The number of fused-ring (bicyclic) bond motifs is 1. The number of halogens is 3. The minimum Gasteiger partial charge on any atom is -0.451 e. The Hall–Kier alpha value is -3.21. The molecule has 3 rings (SSSR count). The van der Waals surface area contributed by atoms with Gasteiger partial charge in [0, 0.05) is 5.69 Å². The molecule has 2 aromatic heterocycles. The SMILES string of the molecule is Cc1nc2sc(C(=O)OCC(=O)Nc3cccc(C(F)(F)F)c3)c(C)c2c(=O)[nH]1. The minimum absolute atomic E-state index is 0.0786. The van der Waals surface area contributed by atoms with E-state index in [9.17, 15) is 27.6 Å². The third-order valence-electron chi connectivity index (χ3n) is 3.91. The minimum atomic E-state index is -4.55. The van der Waals surface area contributed by atoms with Gasteiger partial charge in [0.05, 0.1) is 10.9 Å². The molecule has 11 heteroatoms. The van der Waals surface area contributed by atoms with E-state index in [1.54, 1.807) is 13.8 Å². The molecular weight excluding hydrogens is 411 g/mol. The fourth-order valence-corrected chi connectivity index (χ4v) is 3.73. The average molecular weight is 425 g/mol. The van der Waals surface area contributed by atoms with E-state index in [0.29, 0.717) is 16.2 Å². The van der Waals surface area contributed by atoms with Gasteiger partial charge < -0.3 is 15.0 Å². The first-order valence-electron chi connectivity index (χ1n) is 8.20. The second kappa shape index (κ2) is 7.66. The number of amides is 1. The Balaban J connectivity index is 1.69. The summed E-state index contributed by atoms with van der Waals surface area (Å²) in [6.07, 6.45) is -4.55. The van der Waals surface area contributed by atoms with Crippen LogP contribution in [0.4, 0.5) is 18.9 Å². The lowest BCUT2D eigenvalue weighted by atomic mass is 10.2. The molecule has 1 aromatic carbocycles. The Morgan fingerprint density at radius 2 is 2.00 bits per heavy atom. The van der Waals surface area contributed by atoms with Crippen molar-refractivity contribution in [1.82, 2.24) is 9.97 Å². The van der Waals surface area contributed by atoms with Crippen LogP contribution in [0.25, 0.3) is 10.2 Å². The van der Waals surface area contributed by atoms with Crippen molar-refractivity contribution in [2.75, 3.05) is 11.9 Å². The zero-order valence-corrected chi connectivity index (χ0v) is 16.0. The molecule has 3 aromatic rings. The number of carbonyl (C=O) groups is 2. The molecule has 0 saturated heterocycles. The fraction of sp³-hybridized carbons (Fsp3) is 0.222. The van der Waals surface area contributed by atoms with Gasteiger partial charge in [-0.25, -0.2) is 9.78 Å². The number of nitrogens with one attached hydrogen (secondary N) is 2. The van der Waals surface area contributed by atoms with Crippen LogP contribution in [0.3, 0.4) is 0 Å². The lowest BCUT2D eigenvalue weighted by molar-refractivity contribution is -0.137. The van der Waals surface area contributed by atoms with Crippen LogP contribution in [-0.2, 0) is 15.7 Å². The standard InChI is InChI=1S/C18H14F3N3O4S/c1-8-13-15(26)22-9(2)23-16(13)29-14(8)17(27)28-7-12(25)24-11-5-3-4-10(6-11)18(19,20)21/h3-6H,7H2,1-2H3,(H,24,25)(H,22,23,26). The third-order valence-corrected chi connectivity index (χ3v) is 5.08. The predicted octanol–water partition coefficient (Wildman–Crippen LogP) is 3.42. The highest BCUT2D eigenvalue weighted by Gasteiger charge is 2.30. The third kappa shape index (κ3) is 4.45. The highest BCUT2D eigenvalue weighted by atomic mass is 32.1. The number of benzene rings is 1. The molecule has 0 atom stereocenters. The monoisotopic (exact) mass is 425 g/mol. The number of hydrogen-bond acceptors (Lipinski definition) is 6. The van der Waals surface area contributed by atoms with Gasteiger partial charge in [0.1, 0.15) is 15.5 Å². The van der Waals surface area contributed by atoms with Crippen LogP contribution in [0, 0.1) is 13.8 Å². The molecule has 0 spiro atoms. The molecule has 2 heterocycles. The molecule has 0 fully saturated rings. The first-order chi connectivity index (χ1) is 13.6. The van der Waals surface area contributed by atoms with E-state index < -0.39 is 30.2 Å². The summed E-state index contributed by atoms with van der Waals surface area (Å²) >= 11 is 0.958. The smallest absolute Gasteiger partial charge is 0.416 e. The van der Waals surface area contributed by atoms with Gasteiger partial charge in [-0.2, -0.15) is 13.2 Å². The van der Waals surface area contributed by atoms with Gasteiger partial charge in [0.15, 0.2) is 6.61 Å². The number of ether oxygens (including phenoxy) is 1. The van der Waals surface area contributed by atoms with E-state index in [-0.39, 0.29) is 21.5 Å². The number of nitrogens with zero attached hydrogens (tertiary/aromatic N) is 1. The van der Waals surface area contributed by atoms with Crippen LogP contribution < -0.4 is 10.9 Å². The van der Waals surface area contributed by atoms with E-state index >= 15 is 0 Å². The Morgan fingerprint density at radius 3 is 2.69 bits per heavy atom. The number of hydrogen-bond donors (Lipinski definition) is 2. The zero-order chi connectivity index (χ0) is 21.3. The van der Waals surface area contributed by atoms with E-state index in [2.05, 4.69) is 15.3 Å².